The van der Waals surface area contributed by atoms with E-state index in [1.807, 2.05) is 41.1 Å². The third-order valence-corrected chi connectivity index (χ3v) is 7.71. The van der Waals surface area contributed by atoms with Gasteiger partial charge in [-0.15, -0.1) is 5.10 Å². The fraction of sp³-hybridized carbons (Fsp3) is 0.312. The van der Waals surface area contributed by atoms with Gasteiger partial charge in [0.2, 0.25) is 0 Å². The predicted octanol–water partition coefficient (Wildman–Crippen LogP) is 5.38. The number of nitrogens with one attached hydrogen (secondary N) is 1. The molecular formula is C32H36N6O2. The molecule has 0 amide bonds. The summed E-state index contributed by atoms with van der Waals surface area (Å²) in [6, 6.07) is 24.5. The molecule has 2 heterocycles. The van der Waals surface area contributed by atoms with Gasteiger partial charge in [0.25, 0.3) is 5.56 Å². The van der Waals surface area contributed by atoms with Gasteiger partial charge in [-0.1, -0.05) is 61.5 Å². The Morgan fingerprint density at radius 1 is 1.00 bits per heavy atom. The van der Waals surface area contributed by atoms with Gasteiger partial charge in [0, 0.05) is 18.7 Å². The van der Waals surface area contributed by atoms with Gasteiger partial charge in [-0.2, -0.15) is 0 Å². The molecule has 3 aromatic carbocycles. The van der Waals surface area contributed by atoms with Crippen molar-refractivity contribution in [2.24, 2.45) is 0 Å². The molecule has 0 aliphatic heterocycles. The molecule has 0 unspecified atom stereocenters. The maximum atomic E-state index is 13.3. The molecule has 1 N–H and O–H groups in total. The Kier molecular flexibility index (Phi) is 8.36. The van der Waals surface area contributed by atoms with Crippen molar-refractivity contribution in [1.82, 2.24) is 30.1 Å². The standard InChI is InChI=1S/C32H36N6O2/c1-5-29(31-34-35-36-38(31)20-25-12-15-28(40-4)16-13-25)37(18-17-24-9-7-6-8-10-24)21-27-19-26-14-11-22(2)23(3)30(26)33-32(27)39/h6-16,19,29H,5,17-18,20-21H2,1-4H3,(H,33,39)/t29-/m0/s1. The zero-order chi connectivity index (χ0) is 28.1. The molecule has 0 fully saturated rings. The van der Waals surface area contributed by atoms with Crippen LogP contribution in [0.3, 0.4) is 0 Å². The highest BCUT2D eigenvalue weighted by molar-refractivity contribution is 5.83. The number of aromatic nitrogens is 5. The number of nitrogens with zero attached hydrogens (tertiary/aromatic N) is 5. The molecule has 0 radical (unpaired) electrons. The van der Waals surface area contributed by atoms with Crippen LogP contribution in [0.5, 0.6) is 5.75 Å². The summed E-state index contributed by atoms with van der Waals surface area (Å²) in [4.78, 5) is 18.8. The SMILES string of the molecule is CC[C@@H](c1nnnn1Cc1ccc(OC)cc1)N(CCc1ccccc1)Cc1cc2ccc(C)c(C)c2[nH]c1=O. The van der Waals surface area contributed by atoms with Crippen LogP contribution in [0.4, 0.5) is 0 Å². The summed E-state index contributed by atoms with van der Waals surface area (Å²) >= 11 is 0. The molecule has 0 aliphatic rings. The molecule has 0 aliphatic carbocycles. The van der Waals surface area contributed by atoms with Crippen molar-refractivity contribution in [2.75, 3.05) is 13.7 Å². The Morgan fingerprint density at radius 2 is 1.77 bits per heavy atom. The molecule has 5 aromatic rings. The van der Waals surface area contributed by atoms with Gasteiger partial charge >= 0.3 is 0 Å². The highest BCUT2D eigenvalue weighted by Crippen LogP contribution is 2.26. The van der Waals surface area contributed by atoms with Gasteiger partial charge in [-0.05, 0) is 83.0 Å². The molecule has 0 saturated heterocycles. The maximum Gasteiger partial charge on any atom is 0.252 e. The van der Waals surface area contributed by atoms with E-state index in [0.717, 1.165) is 64.1 Å². The Hall–Kier alpha value is -4.30. The van der Waals surface area contributed by atoms with Crippen LogP contribution in [0.25, 0.3) is 10.9 Å². The van der Waals surface area contributed by atoms with Crippen molar-refractivity contribution in [2.45, 2.75) is 52.7 Å². The molecule has 1 atom stereocenters. The number of tetrazole rings is 1. The van der Waals surface area contributed by atoms with Gasteiger partial charge in [-0.25, -0.2) is 4.68 Å². The maximum absolute atomic E-state index is 13.3. The number of rotatable bonds is 11. The molecule has 0 spiro atoms. The molecular weight excluding hydrogens is 500 g/mol. The Bertz CT molecular complexity index is 1630. The van der Waals surface area contributed by atoms with Crippen molar-refractivity contribution in [3.8, 4) is 5.75 Å². The molecule has 8 nitrogen and oxygen atoms in total. The lowest BCUT2D eigenvalue weighted by Crippen LogP contribution is -2.34. The van der Waals surface area contributed by atoms with Crippen LogP contribution in [-0.2, 0) is 19.5 Å². The second kappa shape index (κ2) is 12.3. The normalized spacial score (nSPS) is 12.2. The van der Waals surface area contributed by atoms with Crippen molar-refractivity contribution in [1.29, 1.82) is 0 Å². The van der Waals surface area contributed by atoms with E-state index in [1.54, 1.807) is 7.11 Å². The lowest BCUT2D eigenvalue weighted by atomic mass is 10.0. The average Bonchev–Trinajstić information content (AvgIpc) is 3.43. The van der Waals surface area contributed by atoms with Crippen molar-refractivity contribution in [3.63, 3.8) is 0 Å². The summed E-state index contributed by atoms with van der Waals surface area (Å²) in [7, 11) is 1.66. The van der Waals surface area contributed by atoms with Gasteiger partial charge in [-0.3, -0.25) is 9.69 Å². The highest BCUT2D eigenvalue weighted by atomic mass is 16.5. The monoisotopic (exact) mass is 536 g/mol. The molecule has 40 heavy (non-hydrogen) atoms. The van der Waals surface area contributed by atoms with Crippen LogP contribution >= 0.6 is 0 Å². The molecule has 5 rings (SSSR count). The first-order valence-corrected chi connectivity index (χ1v) is 13.8. The quantitative estimate of drug-likeness (QED) is 0.244. The third-order valence-electron chi connectivity index (χ3n) is 7.71. The summed E-state index contributed by atoms with van der Waals surface area (Å²) in [5.41, 5.74) is 6.17. The third kappa shape index (κ3) is 5.97. The van der Waals surface area contributed by atoms with Gasteiger partial charge < -0.3 is 9.72 Å². The number of ether oxygens (including phenoxy) is 1. The van der Waals surface area contributed by atoms with Gasteiger partial charge in [0.15, 0.2) is 5.82 Å². The Balaban J connectivity index is 1.48. The number of H-pyrrole nitrogens is 1. The van der Waals surface area contributed by atoms with E-state index in [4.69, 9.17) is 4.74 Å². The predicted molar refractivity (Wildman–Crippen MR) is 158 cm³/mol. The van der Waals surface area contributed by atoms with Crippen molar-refractivity contribution in [3.05, 3.63) is 117 Å². The van der Waals surface area contributed by atoms with E-state index >= 15 is 0 Å². The first-order valence-electron chi connectivity index (χ1n) is 13.8. The fourth-order valence-corrected chi connectivity index (χ4v) is 5.24. The van der Waals surface area contributed by atoms with E-state index in [-0.39, 0.29) is 11.6 Å². The number of pyridine rings is 1. The number of hydrogen-bond acceptors (Lipinski definition) is 6. The van der Waals surface area contributed by atoms with Gasteiger partial charge in [0.1, 0.15) is 5.75 Å². The Labute approximate surface area is 234 Å². The summed E-state index contributed by atoms with van der Waals surface area (Å²) in [5.74, 6) is 1.60. The lowest BCUT2D eigenvalue weighted by Gasteiger charge is -2.30. The first-order chi connectivity index (χ1) is 19.5. The first kappa shape index (κ1) is 27.3. The van der Waals surface area contributed by atoms with Gasteiger partial charge in [0.05, 0.1) is 25.2 Å². The van der Waals surface area contributed by atoms with Crippen LogP contribution in [0.15, 0.2) is 77.6 Å². The molecule has 0 bridgehead atoms. The van der Waals surface area contributed by atoms with E-state index in [0.29, 0.717) is 13.1 Å². The second-order valence-electron chi connectivity index (χ2n) is 10.3. The number of fused-ring (bicyclic) bond motifs is 1. The minimum absolute atomic E-state index is 0.0569. The van der Waals surface area contributed by atoms with E-state index in [9.17, 15) is 4.79 Å². The molecule has 2 aromatic heterocycles. The van der Waals surface area contributed by atoms with E-state index in [1.165, 1.54) is 5.56 Å². The number of hydrogen-bond donors (Lipinski definition) is 1. The number of aromatic amines is 1. The minimum Gasteiger partial charge on any atom is -0.497 e. The van der Waals surface area contributed by atoms with Crippen LogP contribution in [0.1, 0.15) is 53.0 Å². The average molecular weight is 537 g/mol. The summed E-state index contributed by atoms with van der Waals surface area (Å²) in [6.45, 7) is 8.04. The summed E-state index contributed by atoms with van der Waals surface area (Å²) in [6.07, 6.45) is 1.64. The van der Waals surface area contributed by atoms with Crippen LogP contribution < -0.4 is 10.3 Å². The topological polar surface area (TPSA) is 88.9 Å². The number of methoxy groups -OCH3 is 1. The van der Waals surface area contributed by atoms with Crippen LogP contribution in [-0.4, -0.2) is 43.7 Å². The fourth-order valence-electron chi connectivity index (χ4n) is 5.24. The summed E-state index contributed by atoms with van der Waals surface area (Å²) in [5, 5.41) is 13.9. The van der Waals surface area contributed by atoms with E-state index < -0.39 is 0 Å². The minimum atomic E-state index is -0.0770. The molecule has 206 valence electrons. The lowest BCUT2D eigenvalue weighted by molar-refractivity contribution is 0.172. The molecule has 8 heteroatoms. The number of aryl methyl sites for hydroxylation is 2. The van der Waals surface area contributed by atoms with Crippen LogP contribution in [0, 0.1) is 13.8 Å². The molecule has 0 saturated carbocycles. The smallest absolute Gasteiger partial charge is 0.252 e. The van der Waals surface area contributed by atoms with E-state index in [2.05, 4.69) is 82.6 Å². The zero-order valence-corrected chi connectivity index (χ0v) is 23.6. The number of benzene rings is 3. The van der Waals surface area contributed by atoms with Crippen LogP contribution in [0.2, 0.25) is 0 Å². The summed E-state index contributed by atoms with van der Waals surface area (Å²) < 4.78 is 7.17. The highest BCUT2D eigenvalue weighted by Gasteiger charge is 2.26. The van der Waals surface area contributed by atoms with Crippen molar-refractivity contribution >= 4 is 10.9 Å². The Morgan fingerprint density at radius 3 is 2.50 bits per heavy atom. The zero-order valence-electron chi connectivity index (χ0n) is 23.6. The largest absolute Gasteiger partial charge is 0.497 e. The van der Waals surface area contributed by atoms with Crippen molar-refractivity contribution < 1.29 is 4.74 Å². The second-order valence-corrected chi connectivity index (χ2v) is 10.3.